The van der Waals surface area contributed by atoms with Crippen LogP contribution in [0.25, 0.3) is 10.9 Å². The van der Waals surface area contributed by atoms with E-state index in [1.165, 1.54) is 30.2 Å². The average molecular weight is 257 g/mol. The van der Waals surface area contributed by atoms with Crippen molar-refractivity contribution in [1.29, 1.82) is 0 Å². The van der Waals surface area contributed by atoms with Gasteiger partial charge in [-0.25, -0.2) is 0 Å². The molecule has 0 aliphatic carbocycles. The van der Waals surface area contributed by atoms with Crippen LogP contribution < -0.4 is 5.32 Å². The van der Waals surface area contributed by atoms with Crippen molar-refractivity contribution >= 4 is 10.9 Å². The second kappa shape index (κ2) is 7.19. The maximum atomic E-state index is 4.19. The van der Waals surface area contributed by atoms with E-state index in [0.29, 0.717) is 6.04 Å². The molecule has 0 aliphatic heterocycles. The molecule has 1 atom stereocenters. The number of aromatic nitrogens is 2. The van der Waals surface area contributed by atoms with E-state index in [-0.39, 0.29) is 0 Å². The highest BCUT2D eigenvalue weighted by Gasteiger charge is 2.10. The van der Waals surface area contributed by atoms with Gasteiger partial charge in [0.1, 0.15) is 0 Å². The summed E-state index contributed by atoms with van der Waals surface area (Å²) in [6.45, 7) is 5.53. The van der Waals surface area contributed by atoms with Gasteiger partial charge in [-0.05, 0) is 37.4 Å². The lowest BCUT2D eigenvalue weighted by Crippen LogP contribution is -2.31. The minimum absolute atomic E-state index is 0.539. The van der Waals surface area contributed by atoms with E-state index >= 15 is 0 Å². The maximum absolute atomic E-state index is 4.19. The summed E-state index contributed by atoms with van der Waals surface area (Å²) in [5.41, 5.74) is 2.29. The Labute approximate surface area is 115 Å². The normalized spacial score (nSPS) is 12.7. The van der Waals surface area contributed by atoms with Crippen molar-refractivity contribution in [1.82, 2.24) is 15.5 Å². The third-order valence-electron chi connectivity index (χ3n) is 3.42. The fourth-order valence-electron chi connectivity index (χ4n) is 2.46. The Morgan fingerprint density at radius 2 is 2.00 bits per heavy atom. The molecule has 0 saturated heterocycles. The monoisotopic (exact) mass is 257 g/mol. The fourth-order valence-corrected chi connectivity index (χ4v) is 2.46. The molecular weight excluding hydrogens is 234 g/mol. The van der Waals surface area contributed by atoms with Gasteiger partial charge in [-0.15, -0.1) is 0 Å². The molecule has 0 bridgehead atoms. The lowest BCUT2D eigenvalue weighted by molar-refractivity contribution is 0.473. The fraction of sp³-hybridized carbons (Fsp3) is 0.500. The summed E-state index contributed by atoms with van der Waals surface area (Å²) in [6.07, 6.45) is 6.53. The second-order valence-electron chi connectivity index (χ2n) is 5.03. The summed E-state index contributed by atoms with van der Waals surface area (Å²) in [5, 5.41) is 13.2. The average Bonchev–Trinajstić information content (AvgIpc) is 2.45. The number of benzene rings is 1. The van der Waals surface area contributed by atoms with E-state index < -0.39 is 0 Å². The Bertz CT molecular complexity index is 505. The highest BCUT2D eigenvalue weighted by atomic mass is 15.1. The number of hydrogen-bond acceptors (Lipinski definition) is 3. The van der Waals surface area contributed by atoms with Gasteiger partial charge in [0.05, 0.1) is 11.7 Å². The summed E-state index contributed by atoms with van der Waals surface area (Å²) >= 11 is 0. The molecule has 0 aliphatic rings. The van der Waals surface area contributed by atoms with Gasteiger partial charge in [-0.2, -0.15) is 10.2 Å². The van der Waals surface area contributed by atoms with Crippen molar-refractivity contribution < 1.29 is 0 Å². The number of fused-ring (bicyclic) bond motifs is 1. The van der Waals surface area contributed by atoms with E-state index in [2.05, 4.69) is 41.5 Å². The quantitative estimate of drug-likeness (QED) is 0.826. The molecule has 3 heteroatoms. The van der Waals surface area contributed by atoms with Gasteiger partial charge in [0.2, 0.25) is 0 Å². The van der Waals surface area contributed by atoms with Gasteiger partial charge in [-0.3, -0.25) is 0 Å². The Morgan fingerprint density at radius 1 is 1.16 bits per heavy atom. The molecule has 0 spiro atoms. The molecule has 0 saturated carbocycles. The SMILES string of the molecule is CCCNC(CCC)Cc1cnnc2ccccc12. The summed E-state index contributed by atoms with van der Waals surface area (Å²) < 4.78 is 0. The molecule has 0 amide bonds. The van der Waals surface area contributed by atoms with E-state index in [1.807, 2.05) is 18.3 Å². The zero-order chi connectivity index (χ0) is 13.5. The van der Waals surface area contributed by atoms with Crippen LogP contribution in [0.2, 0.25) is 0 Å². The van der Waals surface area contributed by atoms with E-state index in [9.17, 15) is 0 Å². The summed E-state index contributed by atoms with van der Waals surface area (Å²) in [6, 6.07) is 8.79. The smallest absolute Gasteiger partial charge is 0.0932 e. The highest BCUT2D eigenvalue weighted by Crippen LogP contribution is 2.17. The largest absolute Gasteiger partial charge is 0.314 e. The van der Waals surface area contributed by atoms with Gasteiger partial charge in [-0.1, -0.05) is 38.5 Å². The standard InChI is InChI=1S/C16H23N3/c1-3-7-14(17-10-4-2)11-13-12-18-19-16-9-6-5-8-15(13)16/h5-6,8-9,12,14,17H,3-4,7,10-11H2,1-2H3. The van der Waals surface area contributed by atoms with Crippen LogP contribution in [-0.2, 0) is 6.42 Å². The lowest BCUT2D eigenvalue weighted by Gasteiger charge is -2.18. The van der Waals surface area contributed by atoms with Crippen molar-refractivity contribution in [2.45, 2.75) is 45.6 Å². The van der Waals surface area contributed by atoms with Crippen LogP contribution in [0.15, 0.2) is 30.5 Å². The zero-order valence-corrected chi connectivity index (χ0v) is 11.9. The van der Waals surface area contributed by atoms with Crippen molar-refractivity contribution in [3.63, 3.8) is 0 Å². The third kappa shape index (κ3) is 3.74. The van der Waals surface area contributed by atoms with Gasteiger partial charge >= 0.3 is 0 Å². The van der Waals surface area contributed by atoms with Gasteiger partial charge in [0, 0.05) is 11.4 Å². The van der Waals surface area contributed by atoms with E-state index in [1.54, 1.807) is 0 Å². The first-order valence-electron chi connectivity index (χ1n) is 7.27. The molecule has 2 rings (SSSR count). The Kier molecular flexibility index (Phi) is 5.28. The van der Waals surface area contributed by atoms with E-state index in [0.717, 1.165) is 18.5 Å². The topological polar surface area (TPSA) is 37.8 Å². The van der Waals surface area contributed by atoms with Crippen LogP contribution in [0.1, 0.15) is 38.7 Å². The molecule has 102 valence electrons. The molecule has 0 fully saturated rings. The summed E-state index contributed by atoms with van der Waals surface area (Å²) in [7, 11) is 0. The lowest BCUT2D eigenvalue weighted by atomic mass is 10.00. The first kappa shape index (κ1) is 13.9. The minimum Gasteiger partial charge on any atom is -0.314 e. The van der Waals surface area contributed by atoms with E-state index in [4.69, 9.17) is 0 Å². The first-order valence-corrected chi connectivity index (χ1v) is 7.27. The van der Waals surface area contributed by atoms with Crippen LogP contribution in [-0.4, -0.2) is 22.8 Å². The maximum Gasteiger partial charge on any atom is 0.0932 e. The molecule has 1 N–H and O–H groups in total. The molecule has 3 nitrogen and oxygen atoms in total. The van der Waals surface area contributed by atoms with Gasteiger partial charge < -0.3 is 5.32 Å². The van der Waals surface area contributed by atoms with Crippen molar-refractivity contribution in [2.75, 3.05) is 6.54 Å². The number of nitrogens with zero attached hydrogens (tertiary/aromatic N) is 2. The van der Waals surface area contributed by atoms with Gasteiger partial charge in [0.15, 0.2) is 0 Å². The molecule has 1 aromatic heterocycles. The number of rotatable bonds is 7. The van der Waals surface area contributed by atoms with Crippen LogP contribution in [0.5, 0.6) is 0 Å². The molecule has 1 unspecified atom stereocenters. The molecular formula is C16H23N3. The van der Waals surface area contributed by atoms with Crippen molar-refractivity contribution in [3.05, 3.63) is 36.0 Å². The van der Waals surface area contributed by atoms with Gasteiger partial charge in [0.25, 0.3) is 0 Å². The van der Waals surface area contributed by atoms with Crippen LogP contribution in [0.4, 0.5) is 0 Å². The summed E-state index contributed by atoms with van der Waals surface area (Å²) in [4.78, 5) is 0. The predicted octanol–water partition coefficient (Wildman–Crippen LogP) is 3.34. The van der Waals surface area contributed by atoms with Crippen molar-refractivity contribution in [2.24, 2.45) is 0 Å². The third-order valence-corrected chi connectivity index (χ3v) is 3.42. The predicted molar refractivity (Wildman–Crippen MR) is 80.2 cm³/mol. The number of hydrogen-bond donors (Lipinski definition) is 1. The molecule has 19 heavy (non-hydrogen) atoms. The Morgan fingerprint density at radius 3 is 2.79 bits per heavy atom. The van der Waals surface area contributed by atoms with Crippen LogP contribution in [0, 0.1) is 0 Å². The Balaban J connectivity index is 2.18. The van der Waals surface area contributed by atoms with Crippen LogP contribution in [0.3, 0.4) is 0 Å². The first-order chi connectivity index (χ1) is 9.35. The second-order valence-corrected chi connectivity index (χ2v) is 5.03. The highest BCUT2D eigenvalue weighted by molar-refractivity contribution is 5.81. The minimum atomic E-state index is 0.539. The molecule has 0 radical (unpaired) electrons. The van der Waals surface area contributed by atoms with Crippen molar-refractivity contribution in [3.8, 4) is 0 Å². The molecule has 1 heterocycles. The Hall–Kier alpha value is -1.48. The summed E-state index contributed by atoms with van der Waals surface area (Å²) in [5.74, 6) is 0. The van der Waals surface area contributed by atoms with Crippen LogP contribution >= 0.6 is 0 Å². The zero-order valence-electron chi connectivity index (χ0n) is 11.9. The molecule has 2 aromatic rings. The number of nitrogens with one attached hydrogen (secondary N) is 1. The molecule has 1 aromatic carbocycles.